The molecule has 0 aliphatic heterocycles. The quantitative estimate of drug-likeness (QED) is 0.0263. The van der Waals surface area contributed by atoms with Crippen LogP contribution in [0.3, 0.4) is 0 Å². The third-order valence-electron chi connectivity index (χ3n) is 10.6. The highest BCUT2D eigenvalue weighted by molar-refractivity contribution is 5.71. The summed E-state index contributed by atoms with van der Waals surface area (Å²) < 4.78 is 16.7. The number of allylic oxidation sites excluding steroid dienone is 14. The van der Waals surface area contributed by atoms with E-state index in [2.05, 4.69) is 106 Å². The number of ether oxygens (including phenoxy) is 3. The van der Waals surface area contributed by atoms with Crippen molar-refractivity contribution in [1.82, 2.24) is 0 Å². The summed E-state index contributed by atoms with van der Waals surface area (Å²) in [5.41, 5.74) is 0. The molecule has 0 aliphatic carbocycles. The minimum Gasteiger partial charge on any atom is -0.462 e. The van der Waals surface area contributed by atoms with Crippen molar-refractivity contribution >= 4 is 17.9 Å². The number of carbonyl (C=O) groups is 3. The Hall–Kier alpha value is -3.41. The van der Waals surface area contributed by atoms with Gasteiger partial charge in [-0.15, -0.1) is 0 Å². The molecule has 0 amide bonds. The van der Waals surface area contributed by atoms with Gasteiger partial charge < -0.3 is 14.2 Å². The van der Waals surface area contributed by atoms with E-state index in [-0.39, 0.29) is 37.5 Å². The van der Waals surface area contributed by atoms with Crippen molar-refractivity contribution in [3.63, 3.8) is 0 Å². The largest absolute Gasteiger partial charge is 0.462 e. The fraction of sp³-hybridized carbons (Fsp3) is 0.696. The van der Waals surface area contributed by atoms with E-state index in [0.29, 0.717) is 19.3 Å². The number of unbranched alkanes of at least 4 members (excludes halogenated alkanes) is 20. The second-order valence-electron chi connectivity index (χ2n) is 16.7. The zero-order valence-electron chi connectivity index (χ0n) is 40.4. The first-order valence-corrected chi connectivity index (χ1v) is 25.6. The standard InChI is InChI=1S/C56H94O6/c1-4-7-10-13-16-19-22-24-26-27-28-30-31-34-37-40-43-46-49-55(58)61-52-53(51-60-54(57)48-45-42-39-36-33-21-18-15-12-9-6-3)62-56(59)50-47-44-41-38-35-32-29-25-23-20-17-14-11-8-5-2/h8,11,15,17-20,22,25-27,29,35,38,53H,4-7,9-10,12-14,16,21,23-24,28,30-34,36-37,39-52H2,1-3H3/b11-8-,18-15-,20-17-,22-19-,27-26-,29-25-,38-35-. The topological polar surface area (TPSA) is 78.9 Å². The number of hydrogen-bond acceptors (Lipinski definition) is 6. The third-order valence-corrected chi connectivity index (χ3v) is 10.6. The Morgan fingerprint density at radius 2 is 0.645 bits per heavy atom. The smallest absolute Gasteiger partial charge is 0.306 e. The van der Waals surface area contributed by atoms with E-state index >= 15 is 0 Å². The Morgan fingerprint density at radius 1 is 0.339 bits per heavy atom. The summed E-state index contributed by atoms with van der Waals surface area (Å²) in [7, 11) is 0. The zero-order valence-corrected chi connectivity index (χ0v) is 40.4. The average Bonchev–Trinajstić information content (AvgIpc) is 3.27. The Bertz CT molecular complexity index is 1220. The first-order chi connectivity index (χ1) is 30.5. The lowest BCUT2D eigenvalue weighted by molar-refractivity contribution is -0.167. The molecule has 0 saturated carbocycles. The number of hydrogen-bond donors (Lipinski definition) is 0. The summed E-state index contributed by atoms with van der Waals surface area (Å²) in [6, 6.07) is 0. The van der Waals surface area contributed by atoms with Crippen LogP contribution in [0.2, 0.25) is 0 Å². The highest BCUT2D eigenvalue weighted by atomic mass is 16.6. The van der Waals surface area contributed by atoms with E-state index < -0.39 is 6.10 Å². The Labute approximate surface area is 382 Å². The molecule has 0 aliphatic rings. The van der Waals surface area contributed by atoms with Gasteiger partial charge in [-0.05, 0) is 109 Å². The predicted molar refractivity (Wildman–Crippen MR) is 265 cm³/mol. The van der Waals surface area contributed by atoms with Gasteiger partial charge in [0.25, 0.3) is 0 Å². The highest BCUT2D eigenvalue weighted by Gasteiger charge is 2.19. The minimum absolute atomic E-state index is 0.101. The van der Waals surface area contributed by atoms with Crippen LogP contribution in [0, 0.1) is 0 Å². The lowest BCUT2D eigenvalue weighted by atomic mass is 10.1. The Balaban J connectivity index is 4.44. The summed E-state index contributed by atoms with van der Waals surface area (Å²) >= 11 is 0. The molecule has 0 saturated heterocycles. The van der Waals surface area contributed by atoms with Crippen LogP contribution in [0.5, 0.6) is 0 Å². The molecule has 0 bridgehead atoms. The van der Waals surface area contributed by atoms with Crippen LogP contribution >= 0.6 is 0 Å². The summed E-state index contributed by atoms with van der Waals surface area (Å²) in [4.78, 5) is 37.9. The van der Waals surface area contributed by atoms with Gasteiger partial charge in [-0.25, -0.2) is 0 Å². The first-order valence-electron chi connectivity index (χ1n) is 25.6. The number of carbonyl (C=O) groups excluding carboxylic acids is 3. The molecule has 1 atom stereocenters. The fourth-order valence-electron chi connectivity index (χ4n) is 6.74. The second kappa shape index (κ2) is 50.2. The lowest BCUT2D eigenvalue weighted by Gasteiger charge is -2.18. The molecule has 62 heavy (non-hydrogen) atoms. The van der Waals surface area contributed by atoms with E-state index in [0.717, 1.165) is 103 Å². The third kappa shape index (κ3) is 47.6. The molecule has 0 aromatic carbocycles. The number of esters is 3. The van der Waals surface area contributed by atoms with Crippen LogP contribution in [-0.2, 0) is 28.6 Å². The van der Waals surface area contributed by atoms with E-state index in [1.807, 2.05) is 0 Å². The highest BCUT2D eigenvalue weighted by Crippen LogP contribution is 2.13. The van der Waals surface area contributed by atoms with Crippen LogP contribution in [0.25, 0.3) is 0 Å². The molecule has 354 valence electrons. The van der Waals surface area contributed by atoms with Gasteiger partial charge in [0.15, 0.2) is 6.10 Å². The van der Waals surface area contributed by atoms with Crippen molar-refractivity contribution in [2.24, 2.45) is 0 Å². The van der Waals surface area contributed by atoms with Crippen molar-refractivity contribution < 1.29 is 28.6 Å². The zero-order chi connectivity index (χ0) is 45.1. The van der Waals surface area contributed by atoms with E-state index in [1.54, 1.807) is 0 Å². The molecule has 0 aromatic rings. The molecule has 0 rings (SSSR count). The van der Waals surface area contributed by atoms with Crippen molar-refractivity contribution in [3.8, 4) is 0 Å². The van der Waals surface area contributed by atoms with Gasteiger partial charge in [0, 0.05) is 19.3 Å². The van der Waals surface area contributed by atoms with Gasteiger partial charge >= 0.3 is 17.9 Å². The normalized spacial score (nSPS) is 12.8. The van der Waals surface area contributed by atoms with Crippen LogP contribution in [0.1, 0.15) is 233 Å². The molecule has 0 spiro atoms. The second-order valence-corrected chi connectivity index (χ2v) is 16.7. The predicted octanol–water partition coefficient (Wildman–Crippen LogP) is 16.8. The maximum Gasteiger partial charge on any atom is 0.306 e. The van der Waals surface area contributed by atoms with Crippen molar-refractivity contribution in [3.05, 3.63) is 85.1 Å². The van der Waals surface area contributed by atoms with E-state index in [9.17, 15) is 14.4 Å². The molecule has 0 radical (unpaired) electrons. The molecule has 0 aromatic heterocycles. The summed E-state index contributed by atoms with van der Waals surface area (Å²) in [6.45, 7) is 6.41. The van der Waals surface area contributed by atoms with Crippen LogP contribution in [-0.4, -0.2) is 37.2 Å². The number of rotatable bonds is 45. The fourth-order valence-corrected chi connectivity index (χ4v) is 6.74. The summed E-state index contributed by atoms with van der Waals surface area (Å²) in [6.07, 6.45) is 64.2. The maximum absolute atomic E-state index is 12.8. The monoisotopic (exact) mass is 863 g/mol. The maximum atomic E-state index is 12.8. The molecular weight excluding hydrogens is 769 g/mol. The van der Waals surface area contributed by atoms with Gasteiger partial charge in [-0.2, -0.15) is 0 Å². The first kappa shape index (κ1) is 58.6. The van der Waals surface area contributed by atoms with Gasteiger partial charge in [0.05, 0.1) is 0 Å². The molecular formula is C56H94O6. The minimum atomic E-state index is -0.804. The van der Waals surface area contributed by atoms with Crippen molar-refractivity contribution in [2.75, 3.05) is 13.2 Å². The van der Waals surface area contributed by atoms with Gasteiger partial charge in [-0.3, -0.25) is 14.4 Å². The lowest BCUT2D eigenvalue weighted by Crippen LogP contribution is -2.30. The van der Waals surface area contributed by atoms with E-state index in [4.69, 9.17) is 14.2 Å². The van der Waals surface area contributed by atoms with Crippen LogP contribution < -0.4 is 0 Å². The molecule has 1 unspecified atom stereocenters. The van der Waals surface area contributed by atoms with Crippen LogP contribution in [0.15, 0.2) is 85.1 Å². The molecule has 6 heteroatoms. The SMILES string of the molecule is CC/C=C\C/C=C\C/C=C\C/C=C\CCCCC(=O)OC(COC(=O)CCCCCCC/C=C\CCCC)COC(=O)CCCCCCCCC/C=C\C/C=C\CCCCCC. The molecule has 6 nitrogen and oxygen atoms in total. The van der Waals surface area contributed by atoms with Gasteiger partial charge in [-0.1, -0.05) is 189 Å². The Morgan fingerprint density at radius 3 is 1.08 bits per heavy atom. The molecule has 0 heterocycles. The van der Waals surface area contributed by atoms with Gasteiger partial charge in [0.1, 0.15) is 13.2 Å². The molecule has 0 N–H and O–H groups in total. The van der Waals surface area contributed by atoms with Crippen LogP contribution in [0.4, 0.5) is 0 Å². The summed E-state index contributed by atoms with van der Waals surface area (Å²) in [5.74, 6) is -0.962. The summed E-state index contributed by atoms with van der Waals surface area (Å²) in [5, 5.41) is 0. The average molecular weight is 863 g/mol. The molecule has 0 fully saturated rings. The van der Waals surface area contributed by atoms with Crippen molar-refractivity contribution in [2.45, 2.75) is 239 Å². The van der Waals surface area contributed by atoms with Crippen molar-refractivity contribution in [1.29, 1.82) is 0 Å². The Kier molecular flexibility index (Phi) is 47.5. The van der Waals surface area contributed by atoms with E-state index in [1.165, 1.54) is 83.5 Å². The van der Waals surface area contributed by atoms with Gasteiger partial charge in [0.2, 0.25) is 0 Å².